The molecule has 0 fully saturated rings. The number of rotatable bonds is 9. The highest BCUT2D eigenvalue weighted by Gasteiger charge is 2.23. The average molecular weight is 494 g/mol. The summed E-state index contributed by atoms with van der Waals surface area (Å²) >= 11 is 2.68. The topological polar surface area (TPSA) is 103 Å². The summed E-state index contributed by atoms with van der Waals surface area (Å²) in [6, 6.07) is 16.2. The summed E-state index contributed by atoms with van der Waals surface area (Å²) in [5.41, 5.74) is 2.27. The van der Waals surface area contributed by atoms with Crippen LogP contribution in [0.3, 0.4) is 0 Å². The predicted molar refractivity (Wildman–Crippen MR) is 132 cm³/mol. The van der Waals surface area contributed by atoms with Gasteiger partial charge in [-0.25, -0.2) is 0 Å². The van der Waals surface area contributed by atoms with E-state index in [1.54, 1.807) is 35.1 Å². The van der Waals surface area contributed by atoms with Gasteiger partial charge in [-0.1, -0.05) is 43.7 Å². The first-order valence-corrected chi connectivity index (χ1v) is 12.4. The van der Waals surface area contributed by atoms with Gasteiger partial charge in [0.25, 0.3) is 11.6 Å². The van der Waals surface area contributed by atoms with E-state index in [-0.39, 0.29) is 23.2 Å². The number of nitro groups is 1. The minimum absolute atomic E-state index is 0.155. The van der Waals surface area contributed by atoms with Crippen molar-refractivity contribution in [3.05, 3.63) is 98.0 Å². The molecule has 0 spiro atoms. The molecule has 0 aliphatic rings. The van der Waals surface area contributed by atoms with Crippen molar-refractivity contribution >= 4 is 34.7 Å². The highest BCUT2D eigenvalue weighted by molar-refractivity contribution is 7.99. The molecule has 2 aromatic heterocycles. The maximum atomic E-state index is 13.2. The normalized spacial score (nSPS) is 11.8. The maximum absolute atomic E-state index is 13.2. The molecule has 8 nitrogen and oxygen atoms in total. The van der Waals surface area contributed by atoms with Crippen LogP contribution in [0.5, 0.6) is 0 Å². The van der Waals surface area contributed by atoms with Crippen LogP contribution in [0, 0.1) is 10.1 Å². The number of benzene rings is 2. The third-order valence-electron chi connectivity index (χ3n) is 5.24. The van der Waals surface area contributed by atoms with Crippen LogP contribution in [-0.4, -0.2) is 25.6 Å². The van der Waals surface area contributed by atoms with Gasteiger partial charge in [0.05, 0.1) is 15.9 Å². The summed E-state index contributed by atoms with van der Waals surface area (Å²) in [6.45, 7) is 2.14. The third kappa shape index (κ3) is 5.35. The lowest BCUT2D eigenvalue weighted by Crippen LogP contribution is -2.28. The average Bonchev–Trinajstić information content (AvgIpc) is 3.50. The number of hydrogen-bond acceptors (Lipinski definition) is 7. The van der Waals surface area contributed by atoms with E-state index in [2.05, 4.69) is 34.6 Å². The summed E-state index contributed by atoms with van der Waals surface area (Å²) in [7, 11) is 1.76. The quantitative estimate of drug-likeness (QED) is 0.247. The van der Waals surface area contributed by atoms with Gasteiger partial charge in [-0.3, -0.25) is 14.9 Å². The van der Waals surface area contributed by atoms with Gasteiger partial charge in [0.15, 0.2) is 5.16 Å². The minimum Gasteiger partial charge on any atom is -0.340 e. The van der Waals surface area contributed by atoms with Crippen molar-refractivity contribution in [2.24, 2.45) is 7.05 Å². The summed E-state index contributed by atoms with van der Waals surface area (Å²) in [5, 5.41) is 25.0. The molecule has 1 unspecified atom stereocenters. The molecule has 1 atom stereocenters. The lowest BCUT2D eigenvalue weighted by Gasteiger charge is -2.19. The second-order valence-corrected chi connectivity index (χ2v) is 9.67. The van der Waals surface area contributed by atoms with Gasteiger partial charge < -0.3 is 9.88 Å². The molecular weight excluding hydrogens is 470 g/mol. The van der Waals surface area contributed by atoms with E-state index in [0.717, 1.165) is 35.0 Å². The molecule has 10 heteroatoms. The number of thiophene rings is 1. The number of carbonyl (C=O) groups is 1. The summed E-state index contributed by atoms with van der Waals surface area (Å²) in [4.78, 5) is 25.8. The molecule has 4 aromatic rings. The van der Waals surface area contributed by atoms with Crippen LogP contribution in [0.4, 0.5) is 5.69 Å². The number of aromatic nitrogens is 3. The second-order valence-electron chi connectivity index (χ2n) is 7.68. The fraction of sp³-hybridized carbons (Fsp3) is 0.208. The molecule has 0 aliphatic heterocycles. The van der Waals surface area contributed by atoms with E-state index in [4.69, 9.17) is 0 Å². The number of aryl methyl sites for hydroxylation is 2. The first kappa shape index (κ1) is 23.7. The van der Waals surface area contributed by atoms with Gasteiger partial charge >= 0.3 is 0 Å². The van der Waals surface area contributed by atoms with Crippen LogP contribution in [0.25, 0.3) is 0 Å². The van der Waals surface area contributed by atoms with Gasteiger partial charge in [-0.2, -0.15) is 0 Å². The van der Waals surface area contributed by atoms with Crippen LogP contribution < -0.4 is 5.32 Å². The van der Waals surface area contributed by atoms with E-state index in [1.807, 2.05) is 29.6 Å². The first-order chi connectivity index (χ1) is 16.5. The van der Waals surface area contributed by atoms with E-state index < -0.39 is 4.92 Å². The molecule has 4 rings (SSSR count). The van der Waals surface area contributed by atoms with Crippen LogP contribution in [0.15, 0.2) is 76.4 Å². The third-order valence-corrected chi connectivity index (χ3v) is 7.30. The molecule has 2 heterocycles. The molecule has 0 aliphatic carbocycles. The molecule has 1 N–H and O–H groups in total. The van der Waals surface area contributed by atoms with Gasteiger partial charge in [-0.15, -0.1) is 21.5 Å². The minimum atomic E-state index is -0.487. The number of nitro benzene ring substituents is 1. The Morgan fingerprint density at radius 2 is 2.03 bits per heavy atom. The predicted octanol–water partition coefficient (Wildman–Crippen LogP) is 5.41. The largest absolute Gasteiger partial charge is 0.340 e. The van der Waals surface area contributed by atoms with Gasteiger partial charge in [-0.05, 0) is 52.9 Å². The van der Waals surface area contributed by atoms with Crippen molar-refractivity contribution in [3.63, 3.8) is 0 Å². The Labute approximate surface area is 205 Å². The van der Waals surface area contributed by atoms with Crippen LogP contribution in [0.2, 0.25) is 0 Å². The van der Waals surface area contributed by atoms with E-state index >= 15 is 0 Å². The van der Waals surface area contributed by atoms with Gasteiger partial charge in [0.1, 0.15) is 6.33 Å². The lowest BCUT2D eigenvalue weighted by atomic mass is 10.0. The van der Waals surface area contributed by atoms with Crippen molar-refractivity contribution in [1.82, 2.24) is 20.1 Å². The molecule has 2 aromatic carbocycles. The summed E-state index contributed by atoms with van der Waals surface area (Å²) in [6.07, 6.45) is 3.59. The Morgan fingerprint density at radius 1 is 1.24 bits per heavy atom. The van der Waals surface area contributed by atoms with Crippen molar-refractivity contribution in [1.29, 1.82) is 0 Å². The smallest absolute Gasteiger partial charge is 0.284 e. The van der Waals surface area contributed by atoms with Crippen molar-refractivity contribution < 1.29 is 9.72 Å². The Bertz CT molecular complexity index is 1290. The zero-order chi connectivity index (χ0) is 24.1. The number of carbonyl (C=O) groups excluding carboxylic acids is 1. The summed E-state index contributed by atoms with van der Waals surface area (Å²) < 4.78 is 1.67. The molecule has 1 amide bonds. The van der Waals surface area contributed by atoms with Gasteiger partial charge in [0, 0.05) is 23.6 Å². The standard InChI is InChI=1S/C24H23N5O3S2/c1-3-5-16-7-9-17(10-8-16)22(21-6-4-13-33-21)26-23(30)18-11-12-20(19(14-18)29(31)32)34-24-27-25-15-28(24)2/h4,6-15,22H,3,5H2,1-2H3,(H,26,30). The monoisotopic (exact) mass is 493 g/mol. The molecule has 0 radical (unpaired) electrons. The highest BCUT2D eigenvalue weighted by atomic mass is 32.2. The zero-order valence-corrected chi connectivity index (χ0v) is 20.3. The Kier molecular flexibility index (Phi) is 7.39. The van der Waals surface area contributed by atoms with Crippen molar-refractivity contribution in [2.75, 3.05) is 0 Å². The highest BCUT2D eigenvalue weighted by Crippen LogP contribution is 2.34. The van der Waals surface area contributed by atoms with Crippen molar-refractivity contribution in [2.45, 2.75) is 35.9 Å². The van der Waals surface area contributed by atoms with Crippen molar-refractivity contribution in [3.8, 4) is 0 Å². The van der Waals surface area contributed by atoms with E-state index in [0.29, 0.717) is 10.1 Å². The first-order valence-electron chi connectivity index (χ1n) is 10.7. The number of hydrogen-bond donors (Lipinski definition) is 1. The molecule has 34 heavy (non-hydrogen) atoms. The fourth-order valence-corrected chi connectivity index (χ4v) is 5.16. The Hall–Kier alpha value is -3.50. The van der Waals surface area contributed by atoms with Crippen LogP contribution in [0.1, 0.15) is 45.7 Å². The SMILES string of the molecule is CCCc1ccc(C(NC(=O)c2ccc(Sc3nncn3C)c([N+](=O)[O-])c2)c2cccs2)cc1. The molecular formula is C24H23N5O3S2. The molecule has 0 bridgehead atoms. The zero-order valence-electron chi connectivity index (χ0n) is 18.7. The number of amides is 1. The maximum Gasteiger partial charge on any atom is 0.284 e. The van der Waals surface area contributed by atoms with Gasteiger partial charge in [0.2, 0.25) is 0 Å². The molecule has 174 valence electrons. The van der Waals surface area contributed by atoms with E-state index in [9.17, 15) is 14.9 Å². The molecule has 0 saturated carbocycles. The number of nitrogens with zero attached hydrogens (tertiary/aromatic N) is 4. The Morgan fingerprint density at radius 3 is 2.65 bits per heavy atom. The van der Waals surface area contributed by atoms with E-state index in [1.165, 1.54) is 18.0 Å². The fourth-order valence-electron chi connectivity index (χ4n) is 3.51. The van der Waals surface area contributed by atoms with Crippen LogP contribution in [-0.2, 0) is 13.5 Å². The molecule has 0 saturated heterocycles. The second kappa shape index (κ2) is 10.6. The number of nitrogens with one attached hydrogen (secondary N) is 1. The Balaban J connectivity index is 1.60. The summed E-state index contributed by atoms with van der Waals surface area (Å²) in [5.74, 6) is -0.380. The van der Waals surface area contributed by atoms with Crippen LogP contribution >= 0.6 is 23.1 Å². The lowest BCUT2D eigenvalue weighted by molar-refractivity contribution is -0.387.